The molecule has 3 amide bonds. The normalized spacial score (nSPS) is 18.9. The number of hydrogen-bond acceptors (Lipinski definition) is 12. The lowest BCUT2D eigenvalue weighted by atomic mass is 10.0. The van der Waals surface area contributed by atoms with Crippen molar-refractivity contribution in [1.29, 1.82) is 0 Å². The number of likely N-dealkylation sites (N-methyl/N-ethyl adjacent to an activating group) is 1. The number of Topliss-reactive ketones (excluding diaryl/α,β-unsaturated/α-hetero) is 1. The van der Waals surface area contributed by atoms with Gasteiger partial charge in [-0.2, -0.15) is 5.26 Å². The third kappa shape index (κ3) is 9.44. The van der Waals surface area contributed by atoms with Crippen LogP contribution in [0, 0.1) is 0 Å². The van der Waals surface area contributed by atoms with Crippen molar-refractivity contribution in [3.05, 3.63) is 60.2 Å². The Labute approximate surface area is 281 Å². The van der Waals surface area contributed by atoms with Crippen molar-refractivity contribution in [2.75, 3.05) is 31.6 Å². The number of fused-ring (bicyclic) bond motifs is 1. The van der Waals surface area contributed by atoms with E-state index in [1.165, 1.54) is 6.92 Å². The number of benzene rings is 2. The molecule has 5 N–H and O–H groups in total. The molecule has 2 aliphatic heterocycles. The smallest absolute Gasteiger partial charge is 0.251 e. The van der Waals surface area contributed by atoms with Gasteiger partial charge in [-0.15, -0.1) is 28.6 Å². The van der Waals surface area contributed by atoms with Crippen molar-refractivity contribution in [1.82, 2.24) is 36.0 Å². The third-order valence-electron chi connectivity index (χ3n) is 7.89. The predicted molar refractivity (Wildman–Crippen MR) is 179 cm³/mol. The summed E-state index contributed by atoms with van der Waals surface area (Å²) in [6, 6.07) is 14.1. The highest BCUT2D eigenvalue weighted by atomic mass is 32.2. The van der Waals surface area contributed by atoms with E-state index < -0.39 is 36.5 Å². The molecular formula is C31H41N7O7S2. The van der Waals surface area contributed by atoms with Crippen LogP contribution < -0.4 is 20.9 Å². The number of aromatic nitrogens is 3. The van der Waals surface area contributed by atoms with Gasteiger partial charge in [-0.05, 0) is 54.6 Å². The Kier molecular flexibility index (Phi) is 13.0. The lowest BCUT2D eigenvalue weighted by Crippen LogP contribution is -2.54. The number of aliphatic hydroxyl groups is 1. The SMILES string of the molecule is CCCC(NC(=O)C1CC2(CN1C)SCCS2)C(O)C(=O)NCC(=O)N[C@H](C(C)=O)c1ccccc1.OOn1nnc2ccccc21. The lowest BCUT2D eigenvalue weighted by Gasteiger charge is -2.26. The van der Waals surface area contributed by atoms with Gasteiger partial charge in [0.1, 0.15) is 17.1 Å². The van der Waals surface area contributed by atoms with Crippen LogP contribution in [-0.2, 0) is 19.2 Å². The molecule has 0 saturated carbocycles. The summed E-state index contributed by atoms with van der Waals surface area (Å²) in [6.45, 7) is 3.71. The second-order valence-corrected chi connectivity index (χ2v) is 14.6. The van der Waals surface area contributed by atoms with Crippen molar-refractivity contribution < 1.29 is 34.5 Å². The number of amides is 3. The van der Waals surface area contributed by atoms with E-state index in [4.69, 9.17) is 5.26 Å². The number of thioether (sulfide) groups is 2. The van der Waals surface area contributed by atoms with Crippen LogP contribution in [0.4, 0.5) is 0 Å². The molecule has 2 aromatic carbocycles. The van der Waals surface area contributed by atoms with Gasteiger partial charge in [0.15, 0.2) is 11.9 Å². The molecular weight excluding hydrogens is 647 g/mol. The molecule has 0 radical (unpaired) electrons. The molecule has 3 heterocycles. The van der Waals surface area contributed by atoms with Crippen LogP contribution >= 0.6 is 23.5 Å². The molecule has 0 aliphatic carbocycles. The van der Waals surface area contributed by atoms with Gasteiger partial charge in [0, 0.05) is 18.1 Å². The molecule has 14 nitrogen and oxygen atoms in total. The van der Waals surface area contributed by atoms with E-state index in [0.717, 1.165) is 29.3 Å². The summed E-state index contributed by atoms with van der Waals surface area (Å²) in [5.74, 6) is 0.422. The van der Waals surface area contributed by atoms with E-state index in [1.807, 2.05) is 54.5 Å². The van der Waals surface area contributed by atoms with E-state index in [9.17, 15) is 24.3 Å². The highest BCUT2D eigenvalue weighted by Crippen LogP contribution is 2.51. The van der Waals surface area contributed by atoms with Crippen molar-refractivity contribution in [2.24, 2.45) is 0 Å². The van der Waals surface area contributed by atoms with Crippen LogP contribution in [0.25, 0.3) is 11.0 Å². The van der Waals surface area contributed by atoms with E-state index in [-0.39, 0.29) is 21.8 Å². The number of likely N-dealkylation sites (tertiary alicyclic amines) is 1. The molecule has 2 fully saturated rings. The first kappa shape index (κ1) is 36.1. The molecule has 5 rings (SSSR count). The highest BCUT2D eigenvalue weighted by Gasteiger charge is 2.48. The molecule has 47 heavy (non-hydrogen) atoms. The summed E-state index contributed by atoms with van der Waals surface area (Å²) in [6.07, 6.45) is 0.293. The molecule has 2 aliphatic rings. The maximum absolute atomic E-state index is 13.1. The summed E-state index contributed by atoms with van der Waals surface area (Å²) >= 11 is 3.80. The molecule has 16 heteroatoms. The van der Waals surface area contributed by atoms with Gasteiger partial charge >= 0.3 is 0 Å². The van der Waals surface area contributed by atoms with Crippen LogP contribution in [-0.4, -0.2) is 108 Å². The zero-order chi connectivity index (χ0) is 34.0. The molecule has 1 spiro atoms. The van der Waals surface area contributed by atoms with E-state index in [1.54, 1.807) is 42.5 Å². The summed E-state index contributed by atoms with van der Waals surface area (Å²) in [5, 5.41) is 34.1. The fourth-order valence-electron chi connectivity index (χ4n) is 5.54. The van der Waals surface area contributed by atoms with E-state index in [2.05, 4.69) is 31.3 Å². The molecule has 254 valence electrons. The standard InChI is InChI=1S/C25H36N4O5S2.C6H5N3O2/c1-4-8-18(27-23(33)19-13-25(15-29(19)3)35-11-12-36-25)22(32)24(34)26-14-20(31)28-21(16(2)30)17-9-6-5-7-10-17;10-11-9-6-4-2-1-3-5(6)7-8-9/h5-7,9-10,18-19,21-22,32H,4,8,11-15H2,1-3H3,(H,26,34)(H,27,33)(H,28,31);1-4,10H/t18?,19?,21-,22?;/m1./s1. The van der Waals surface area contributed by atoms with E-state index in [0.29, 0.717) is 29.4 Å². The number of rotatable bonds is 12. The summed E-state index contributed by atoms with van der Waals surface area (Å²) in [4.78, 5) is 57.1. The van der Waals surface area contributed by atoms with Gasteiger partial charge in [0.05, 0.1) is 22.7 Å². The van der Waals surface area contributed by atoms with Crippen LogP contribution in [0.2, 0.25) is 0 Å². The number of carbonyl (C=O) groups is 4. The number of carbonyl (C=O) groups excluding carboxylic acids is 4. The van der Waals surface area contributed by atoms with Crippen molar-refractivity contribution in [3.8, 4) is 0 Å². The van der Waals surface area contributed by atoms with Gasteiger partial charge in [-0.3, -0.25) is 24.1 Å². The van der Waals surface area contributed by atoms with Crippen LogP contribution in [0.1, 0.15) is 44.7 Å². The zero-order valence-electron chi connectivity index (χ0n) is 26.5. The minimum Gasteiger partial charge on any atom is -0.381 e. The summed E-state index contributed by atoms with van der Waals surface area (Å²) < 4.78 is 0.0395. The quantitative estimate of drug-likeness (QED) is 0.136. The average Bonchev–Trinajstić information content (AvgIpc) is 3.80. The topological polar surface area (TPSA) is 188 Å². The first-order valence-corrected chi connectivity index (χ1v) is 17.3. The Bertz CT molecular complexity index is 1520. The monoisotopic (exact) mass is 687 g/mol. The third-order valence-corrected chi connectivity index (χ3v) is 11.3. The molecule has 3 aromatic rings. The van der Waals surface area contributed by atoms with E-state index >= 15 is 0 Å². The number of ketones is 1. The van der Waals surface area contributed by atoms with Gasteiger partial charge in [0.2, 0.25) is 11.8 Å². The zero-order valence-corrected chi connectivity index (χ0v) is 28.1. The number of para-hydroxylation sites is 1. The second kappa shape index (κ2) is 16.9. The minimum atomic E-state index is -1.50. The molecule has 4 atom stereocenters. The molecule has 1 aromatic heterocycles. The van der Waals surface area contributed by atoms with Crippen molar-refractivity contribution in [3.63, 3.8) is 0 Å². The molecule has 3 unspecified atom stereocenters. The van der Waals surface area contributed by atoms with Crippen LogP contribution in [0.3, 0.4) is 0 Å². The fourth-order valence-corrected chi connectivity index (χ4v) is 8.93. The van der Waals surface area contributed by atoms with Gasteiger partial charge in [-0.1, -0.05) is 55.8 Å². The van der Waals surface area contributed by atoms with Gasteiger partial charge in [-0.25, -0.2) is 4.99 Å². The highest BCUT2D eigenvalue weighted by molar-refractivity contribution is 8.21. The Balaban J connectivity index is 0.000000379. The van der Waals surface area contributed by atoms with Crippen LogP contribution in [0.5, 0.6) is 0 Å². The second-order valence-electron chi connectivity index (χ2n) is 11.4. The summed E-state index contributed by atoms with van der Waals surface area (Å²) in [5.41, 5.74) is 1.96. The number of nitrogens with one attached hydrogen (secondary N) is 3. The Hall–Kier alpha value is -3.70. The number of hydrogen-bond donors (Lipinski definition) is 5. The van der Waals surface area contributed by atoms with Crippen molar-refractivity contribution >= 4 is 58.1 Å². The minimum absolute atomic E-state index is 0.0395. The molecule has 0 bridgehead atoms. The Morgan fingerprint density at radius 3 is 2.40 bits per heavy atom. The first-order chi connectivity index (χ1) is 22.6. The number of nitrogens with zero attached hydrogens (tertiary/aromatic N) is 4. The maximum Gasteiger partial charge on any atom is 0.251 e. The Morgan fingerprint density at radius 1 is 1.06 bits per heavy atom. The van der Waals surface area contributed by atoms with Gasteiger partial charge in [0.25, 0.3) is 5.91 Å². The average molecular weight is 688 g/mol. The largest absolute Gasteiger partial charge is 0.381 e. The first-order valence-electron chi connectivity index (χ1n) is 15.3. The van der Waals surface area contributed by atoms with Gasteiger partial charge < -0.3 is 21.1 Å². The predicted octanol–water partition coefficient (Wildman–Crippen LogP) is 1.41. The number of aliphatic hydroxyl groups excluding tert-OH is 1. The molecule has 2 saturated heterocycles. The Morgan fingerprint density at radius 2 is 1.74 bits per heavy atom. The maximum atomic E-state index is 13.1. The lowest BCUT2D eigenvalue weighted by molar-refractivity contribution is -0.250. The van der Waals surface area contributed by atoms with Crippen LogP contribution in [0.15, 0.2) is 54.6 Å². The fraction of sp³-hybridized carbons (Fsp3) is 0.484. The van der Waals surface area contributed by atoms with Crippen molar-refractivity contribution in [2.45, 2.75) is 61.4 Å². The summed E-state index contributed by atoms with van der Waals surface area (Å²) in [7, 11) is 1.93.